The standard InChI is InChI=1S/C29H37BN2O4S/c1-23(2)18-32(37(35,36)28-15-13-26(14-16-28)29(34)17-30)22-27(33)21-31(19-24-9-5-3-6-10-24)20-25-11-7-4-8-12-25/h3-16,23,27,33H,17-22,30H2,1-2H3/t27-/m0/s1. The molecular formula is C29H37BN2O4S. The van der Waals surface area contributed by atoms with Gasteiger partial charge in [-0.3, -0.25) is 9.69 Å². The van der Waals surface area contributed by atoms with Gasteiger partial charge < -0.3 is 5.11 Å². The normalized spacial score (nSPS) is 12.8. The smallest absolute Gasteiger partial charge is 0.243 e. The van der Waals surface area contributed by atoms with Crippen molar-refractivity contribution >= 4 is 23.7 Å². The molecule has 6 nitrogen and oxygen atoms in total. The summed E-state index contributed by atoms with van der Waals surface area (Å²) < 4.78 is 28.4. The van der Waals surface area contributed by atoms with Gasteiger partial charge in [-0.05, 0) is 35.5 Å². The van der Waals surface area contributed by atoms with Crippen molar-refractivity contribution in [3.05, 3.63) is 102 Å². The first-order chi connectivity index (χ1) is 17.7. The van der Waals surface area contributed by atoms with Crippen molar-refractivity contribution in [2.45, 2.75) is 44.3 Å². The molecule has 3 aromatic rings. The van der Waals surface area contributed by atoms with Crippen molar-refractivity contribution in [3.63, 3.8) is 0 Å². The molecule has 3 rings (SSSR count). The van der Waals surface area contributed by atoms with Crippen LogP contribution in [0.5, 0.6) is 0 Å². The number of carbonyl (C=O) groups is 1. The topological polar surface area (TPSA) is 77.9 Å². The minimum atomic E-state index is -3.85. The number of ketones is 1. The van der Waals surface area contributed by atoms with E-state index >= 15 is 0 Å². The average Bonchev–Trinajstić information content (AvgIpc) is 2.88. The molecule has 0 aliphatic heterocycles. The fourth-order valence-corrected chi connectivity index (χ4v) is 5.94. The van der Waals surface area contributed by atoms with Crippen LogP contribution in [0.2, 0.25) is 6.32 Å². The van der Waals surface area contributed by atoms with Crippen molar-refractivity contribution in [1.29, 1.82) is 0 Å². The lowest BCUT2D eigenvalue weighted by atomic mass is 9.96. The molecule has 0 radical (unpaired) electrons. The minimum Gasteiger partial charge on any atom is -0.390 e. The number of hydrogen-bond acceptors (Lipinski definition) is 5. The van der Waals surface area contributed by atoms with Crippen LogP contribution in [0.4, 0.5) is 0 Å². The first-order valence-corrected chi connectivity index (χ1v) is 14.2. The second-order valence-electron chi connectivity index (χ2n) is 9.81. The summed E-state index contributed by atoms with van der Waals surface area (Å²) in [7, 11) is -2.08. The number of hydrogen-bond donors (Lipinski definition) is 1. The Kier molecular flexibility index (Phi) is 10.6. The Morgan fingerprint density at radius 1 is 0.811 bits per heavy atom. The number of benzene rings is 3. The molecule has 0 saturated heterocycles. The van der Waals surface area contributed by atoms with Gasteiger partial charge in [-0.2, -0.15) is 4.31 Å². The summed E-state index contributed by atoms with van der Waals surface area (Å²) in [5.41, 5.74) is 2.74. The Labute approximate surface area is 222 Å². The zero-order valence-electron chi connectivity index (χ0n) is 22.0. The van der Waals surface area contributed by atoms with Crippen LogP contribution in [-0.4, -0.2) is 62.1 Å². The van der Waals surface area contributed by atoms with E-state index in [1.807, 2.05) is 74.5 Å². The van der Waals surface area contributed by atoms with E-state index in [0.29, 0.717) is 31.5 Å². The van der Waals surface area contributed by atoms with E-state index in [-0.39, 0.29) is 29.7 Å². The van der Waals surface area contributed by atoms with Crippen LogP contribution in [0.25, 0.3) is 0 Å². The van der Waals surface area contributed by atoms with Crippen molar-refractivity contribution < 1.29 is 18.3 Å². The predicted molar refractivity (Wildman–Crippen MR) is 151 cm³/mol. The van der Waals surface area contributed by atoms with Gasteiger partial charge in [0.05, 0.1) is 11.0 Å². The number of aliphatic hydroxyl groups excluding tert-OH is 1. The van der Waals surface area contributed by atoms with Gasteiger partial charge in [0.1, 0.15) is 7.85 Å². The Balaban J connectivity index is 1.78. The molecular weight excluding hydrogens is 483 g/mol. The molecule has 0 aliphatic rings. The Bertz CT molecular complexity index is 1180. The minimum absolute atomic E-state index is 0.0176. The monoisotopic (exact) mass is 520 g/mol. The SMILES string of the molecule is BCC(=O)c1ccc(S(=O)(=O)N(CC(C)C)C[C@@H](O)CN(Cc2ccccc2)Cc2ccccc2)cc1. The maximum absolute atomic E-state index is 13.5. The first kappa shape index (κ1) is 28.8. The number of nitrogens with zero attached hydrogens (tertiary/aromatic N) is 2. The third kappa shape index (κ3) is 8.64. The Morgan fingerprint density at radius 3 is 1.78 bits per heavy atom. The molecule has 0 bridgehead atoms. The summed E-state index contributed by atoms with van der Waals surface area (Å²) >= 11 is 0. The number of sulfonamides is 1. The summed E-state index contributed by atoms with van der Waals surface area (Å²) in [5.74, 6) is 0.0444. The summed E-state index contributed by atoms with van der Waals surface area (Å²) in [4.78, 5) is 14.2. The van der Waals surface area contributed by atoms with Gasteiger partial charge in [-0.1, -0.05) is 86.6 Å². The van der Waals surface area contributed by atoms with Gasteiger partial charge in [-0.25, -0.2) is 8.42 Å². The second-order valence-corrected chi connectivity index (χ2v) is 11.7. The van der Waals surface area contributed by atoms with Crippen molar-refractivity contribution in [1.82, 2.24) is 9.21 Å². The van der Waals surface area contributed by atoms with Gasteiger partial charge in [-0.15, -0.1) is 0 Å². The zero-order chi connectivity index (χ0) is 26.8. The van der Waals surface area contributed by atoms with Crippen LogP contribution in [0.1, 0.15) is 35.3 Å². The van der Waals surface area contributed by atoms with Crippen LogP contribution < -0.4 is 0 Å². The van der Waals surface area contributed by atoms with E-state index in [4.69, 9.17) is 0 Å². The lowest BCUT2D eigenvalue weighted by Crippen LogP contribution is -2.43. The highest BCUT2D eigenvalue weighted by atomic mass is 32.2. The molecule has 0 unspecified atom stereocenters. The van der Waals surface area contributed by atoms with Gasteiger partial charge >= 0.3 is 0 Å². The molecule has 0 heterocycles. The molecule has 196 valence electrons. The number of aliphatic hydroxyl groups is 1. The maximum atomic E-state index is 13.5. The van der Waals surface area contributed by atoms with Crippen molar-refractivity contribution in [2.24, 2.45) is 5.92 Å². The lowest BCUT2D eigenvalue weighted by Gasteiger charge is -2.30. The van der Waals surface area contributed by atoms with E-state index in [9.17, 15) is 18.3 Å². The van der Waals surface area contributed by atoms with Crippen LogP contribution in [0.3, 0.4) is 0 Å². The fraction of sp³-hybridized carbons (Fsp3) is 0.345. The molecule has 1 N–H and O–H groups in total. The largest absolute Gasteiger partial charge is 0.390 e. The summed E-state index contributed by atoms with van der Waals surface area (Å²) in [5, 5.41) is 11.1. The first-order valence-electron chi connectivity index (χ1n) is 12.8. The van der Waals surface area contributed by atoms with Crippen LogP contribution >= 0.6 is 0 Å². The Hall–Kier alpha value is -2.78. The molecule has 0 aliphatic carbocycles. The lowest BCUT2D eigenvalue weighted by molar-refractivity contribution is 0.0860. The third-order valence-corrected chi connectivity index (χ3v) is 7.93. The van der Waals surface area contributed by atoms with Crippen LogP contribution in [0.15, 0.2) is 89.8 Å². The maximum Gasteiger partial charge on any atom is 0.243 e. The van der Waals surface area contributed by atoms with E-state index < -0.39 is 16.1 Å². The molecule has 3 aromatic carbocycles. The summed E-state index contributed by atoms with van der Waals surface area (Å²) in [6, 6.07) is 26.2. The number of Topliss-reactive ketones (excluding diaryl/α,β-unsaturated/α-hetero) is 1. The second kappa shape index (κ2) is 13.7. The third-order valence-electron chi connectivity index (χ3n) is 6.09. The van der Waals surface area contributed by atoms with Crippen molar-refractivity contribution in [2.75, 3.05) is 19.6 Å². The van der Waals surface area contributed by atoms with Crippen LogP contribution in [0, 0.1) is 5.92 Å². The Morgan fingerprint density at radius 2 is 1.32 bits per heavy atom. The molecule has 0 spiro atoms. The zero-order valence-corrected chi connectivity index (χ0v) is 22.8. The molecule has 0 aromatic heterocycles. The molecule has 8 heteroatoms. The van der Waals surface area contributed by atoms with E-state index in [2.05, 4.69) is 4.90 Å². The van der Waals surface area contributed by atoms with E-state index in [0.717, 1.165) is 11.1 Å². The molecule has 37 heavy (non-hydrogen) atoms. The molecule has 0 saturated carbocycles. The van der Waals surface area contributed by atoms with Gasteiger partial charge in [0.15, 0.2) is 5.78 Å². The van der Waals surface area contributed by atoms with E-state index in [1.165, 1.54) is 16.4 Å². The van der Waals surface area contributed by atoms with Gasteiger partial charge in [0.2, 0.25) is 10.0 Å². The molecule has 0 amide bonds. The number of carbonyl (C=O) groups excluding carboxylic acids is 1. The highest BCUT2D eigenvalue weighted by Gasteiger charge is 2.28. The summed E-state index contributed by atoms with van der Waals surface area (Å²) in [6.07, 6.45) is -0.526. The molecule has 1 atom stereocenters. The predicted octanol–water partition coefficient (Wildman–Crippen LogP) is 3.63. The van der Waals surface area contributed by atoms with Crippen molar-refractivity contribution in [3.8, 4) is 0 Å². The van der Waals surface area contributed by atoms with Crippen LogP contribution in [-0.2, 0) is 23.1 Å². The van der Waals surface area contributed by atoms with Gasteiger partial charge in [0.25, 0.3) is 0 Å². The van der Waals surface area contributed by atoms with E-state index in [1.54, 1.807) is 20.0 Å². The average molecular weight is 521 g/mol. The highest BCUT2D eigenvalue weighted by Crippen LogP contribution is 2.20. The van der Waals surface area contributed by atoms with Gasteiger partial charge in [0, 0.05) is 38.3 Å². The molecule has 0 fully saturated rings. The fourth-order valence-electron chi connectivity index (χ4n) is 4.30. The highest BCUT2D eigenvalue weighted by molar-refractivity contribution is 7.89. The quantitative estimate of drug-likeness (QED) is 0.260. The number of rotatable bonds is 14. The summed E-state index contributed by atoms with van der Waals surface area (Å²) in [6.45, 7) is 5.76.